The minimum Gasteiger partial charge on any atom is -0.399 e. The summed E-state index contributed by atoms with van der Waals surface area (Å²) < 4.78 is 12.0. The van der Waals surface area contributed by atoms with Gasteiger partial charge in [-0.15, -0.1) is 0 Å². The fourth-order valence-electron chi connectivity index (χ4n) is 2.51. The molecule has 3 rings (SSSR count). The van der Waals surface area contributed by atoms with E-state index in [0.29, 0.717) is 0 Å². The zero-order chi connectivity index (χ0) is 14.4. The zero-order valence-corrected chi connectivity index (χ0v) is 12.7. The van der Waals surface area contributed by atoms with E-state index in [0.717, 1.165) is 24.5 Å². The lowest BCUT2D eigenvalue weighted by molar-refractivity contribution is 0.00578. The molecule has 0 N–H and O–H groups in total. The maximum atomic E-state index is 6.00. The van der Waals surface area contributed by atoms with Gasteiger partial charge in [0, 0.05) is 30.9 Å². The lowest BCUT2D eigenvalue weighted by Crippen LogP contribution is -2.41. The average molecular weight is 275 g/mol. The second-order valence-corrected chi connectivity index (χ2v) is 6.60. The standard InChI is InChI=1S/C14H22BN3O2/c1-13(2)14(3,4)20-15(19-13)11-9-16-12(17-10-11)18-7-5-6-8-18/h9-10H,5-8H2,1-4H3. The Labute approximate surface area is 120 Å². The van der Waals surface area contributed by atoms with Gasteiger partial charge in [0.05, 0.1) is 11.2 Å². The first-order valence-electron chi connectivity index (χ1n) is 7.32. The van der Waals surface area contributed by atoms with Crippen molar-refractivity contribution >= 4 is 18.5 Å². The van der Waals surface area contributed by atoms with Crippen molar-refractivity contribution in [2.45, 2.75) is 51.7 Å². The van der Waals surface area contributed by atoms with Crippen LogP contribution >= 0.6 is 0 Å². The molecule has 20 heavy (non-hydrogen) atoms. The minimum atomic E-state index is -0.382. The molecular formula is C14H22BN3O2. The molecule has 108 valence electrons. The fraction of sp³-hybridized carbons (Fsp3) is 0.714. The van der Waals surface area contributed by atoms with Gasteiger partial charge in [-0.2, -0.15) is 0 Å². The smallest absolute Gasteiger partial charge is 0.399 e. The summed E-state index contributed by atoms with van der Waals surface area (Å²) in [5, 5.41) is 0. The maximum Gasteiger partial charge on any atom is 0.498 e. The molecule has 2 saturated heterocycles. The monoisotopic (exact) mass is 275 g/mol. The van der Waals surface area contributed by atoms with Crippen LogP contribution in [0, 0.1) is 0 Å². The van der Waals surface area contributed by atoms with Crippen LogP contribution in [0.2, 0.25) is 0 Å². The molecule has 3 heterocycles. The van der Waals surface area contributed by atoms with E-state index in [1.54, 1.807) is 0 Å². The first kappa shape index (κ1) is 13.8. The summed E-state index contributed by atoms with van der Waals surface area (Å²) in [4.78, 5) is 11.1. The topological polar surface area (TPSA) is 47.5 Å². The number of anilines is 1. The predicted molar refractivity (Wildman–Crippen MR) is 79.2 cm³/mol. The van der Waals surface area contributed by atoms with E-state index < -0.39 is 0 Å². The number of nitrogens with zero attached hydrogens (tertiary/aromatic N) is 3. The summed E-state index contributed by atoms with van der Waals surface area (Å²) in [6.45, 7) is 10.3. The molecule has 0 aliphatic carbocycles. The highest BCUT2D eigenvalue weighted by Crippen LogP contribution is 2.36. The highest BCUT2D eigenvalue weighted by Gasteiger charge is 2.51. The molecule has 6 heteroatoms. The Balaban J connectivity index is 1.75. The molecule has 1 aromatic rings. The lowest BCUT2D eigenvalue weighted by Gasteiger charge is -2.32. The van der Waals surface area contributed by atoms with Crippen LogP contribution in [-0.2, 0) is 9.31 Å². The summed E-state index contributed by atoms with van der Waals surface area (Å²) in [7, 11) is -0.382. The molecule has 2 aliphatic heterocycles. The SMILES string of the molecule is CC1(C)OB(c2cnc(N3CCCC3)nc2)OC1(C)C. The summed E-state index contributed by atoms with van der Waals surface area (Å²) in [5.41, 5.74) is 0.225. The maximum absolute atomic E-state index is 6.00. The summed E-state index contributed by atoms with van der Waals surface area (Å²) in [6.07, 6.45) is 6.09. The van der Waals surface area contributed by atoms with Crippen molar-refractivity contribution in [3.8, 4) is 0 Å². The van der Waals surface area contributed by atoms with Crippen molar-refractivity contribution in [3.63, 3.8) is 0 Å². The molecule has 0 amide bonds. The van der Waals surface area contributed by atoms with Crippen LogP contribution in [0.15, 0.2) is 12.4 Å². The first-order valence-corrected chi connectivity index (χ1v) is 7.32. The zero-order valence-electron chi connectivity index (χ0n) is 12.7. The third-order valence-electron chi connectivity index (χ3n) is 4.57. The second kappa shape index (κ2) is 4.70. The highest BCUT2D eigenvalue weighted by molar-refractivity contribution is 6.61. The van der Waals surface area contributed by atoms with Crippen LogP contribution in [0.4, 0.5) is 5.95 Å². The number of hydrogen-bond donors (Lipinski definition) is 0. The van der Waals surface area contributed by atoms with Crippen molar-refractivity contribution < 1.29 is 9.31 Å². The Morgan fingerprint density at radius 1 is 1.00 bits per heavy atom. The van der Waals surface area contributed by atoms with Gasteiger partial charge in [-0.05, 0) is 40.5 Å². The molecule has 0 radical (unpaired) electrons. The van der Waals surface area contributed by atoms with E-state index in [9.17, 15) is 0 Å². The summed E-state index contributed by atoms with van der Waals surface area (Å²) in [6, 6.07) is 0. The Kier molecular flexibility index (Phi) is 3.25. The molecule has 0 unspecified atom stereocenters. The van der Waals surface area contributed by atoms with Crippen LogP contribution in [0.5, 0.6) is 0 Å². The Bertz CT molecular complexity index is 468. The number of hydrogen-bond acceptors (Lipinski definition) is 5. The van der Waals surface area contributed by atoms with Gasteiger partial charge in [0.1, 0.15) is 0 Å². The third kappa shape index (κ3) is 2.31. The van der Waals surface area contributed by atoms with Gasteiger partial charge in [0.2, 0.25) is 5.95 Å². The van der Waals surface area contributed by atoms with Crippen molar-refractivity contribution in [3.05, 3.63) is 12.4 Å². The highest BCUT2D eigenvalue weighted by atomic mass is 16.7. The second-order valence-electron chi connectivity index (χ2n) is 6.60. The molecular weight excluding hydrogens is 253 g/mol. The number of aromatic nitrogens is 2. The van der Waals surface area contributed by atoms with Gasteiger partial charge in [0.25, 0.3) is 0 Å². The van der Waals surface area contributed by atoms with Crippen LogP contribution in [0.1, 0.15) is 40.5 Å². The molecule has 2 aliphatic rings. The molecule has 0 aromatic carbocycles. The predicted octanol–water partition coefficient (Wildman–Crippen LogP) is 1.38. The van der Waals surface area contributed by atoms with Gasteiger partial charge in [0.15, 0.2) is 0 Å². The fourth-order valence-corrected chi connectivity index (χ4v) is 2.51. The van der Waals surface area contributed by atoms with Gasteiger partial charge in [-0.25, -0.2) is 9.97 Å². The van der Waals surface area contributed by atoms with Crippen LogP contribution in [-0.4, -0.2) is 41.4 Å². The minimum absolute atomic E-state index is 0.328. The molecule has 5 nitrogen and oxygen atoms in total. The van der Waals surface area contributed by atoms with Crippen LogP contribution < -0.4 is 10.4 Å². The van der Waals surface area contributed by atoms with Crippen molar-refractivity contribution in [1.29, 1.82) is 0 Å². The van der Waals surface area contributed by atoms with Crippen LogP contribution in [0.3, 0.4) is 0 Å². The molecule has 1 aromatic heterocycles. The van der Waals surface area contributed by atoms with E-state index in [1.165, 1.54) is 12.8 Å². The quantitative estimate of drug-likeness (QED) is 0.763. The first-order chi connectivity index (χ1) is 9.39. The molecule has 0 saturated carbocycles. The van der Waals surface area contributed by atoms with Crippen molar-refractivity contribution in [2.24, 2.45) is 0 Å². The van der Waals surface area contributed by atoms with Gasteiger partial charge in [-0.1, -0.05) is 0 Å². The Hall–Kier alpha value is -1.14. The van der Waals surface area contributed by atoms with E-state index >= 15 is 0 Å². The molecule has 0 spiro atoms. The average Bonchev–Trinajstić information content (AvgIpc) is 2.97. The van der Waals surface area contributed by atoms with E-state index in [4.69, 9.17) is 9.31 Å². The van der Waals surface area contributed by atoms with E-state index in [1.807, 2.05) is 40.1 Å². The normalized spacial score (nSPS) is 24.4. The molecule has 2 fully saturated rings. The van der Waals surface area contributed by atoms with Gasteiger partial charge < -0.3 is 14.2 Å². The third-order valence-corrected chi connectivity index (χ3v) is 4.57. The molecule has 0 bridgehead atoms. The Morgan fingerprint density at radius 3 is 2.00 bits per heavy atom. The van der Waals surface area contributed by atoms with Gasteiger partial charge in [-0.3, -0.25) is 0 Å². The van der Waals surface area contributed by atoms with E-state index in [-0.39, 0.29) is 18.3 Å². The number of rotatable bonds is 2. The van der Waals surface area contributed by atoms with Crippen molar-refractivity contribution in [2.75, 3.05) is 18.0 Å². The largest absolute Gasteiger partial charge is 0.498 e. The van der Waals surface area contributed by atoms with Crippen molar-refractivity contribution in [1.82, 2.24) is 9.97 Å². The lowest BCUT2D eigenvalue weighted by atomic mass is 9.81. The van der Waals surface area contributed by atoms with Crippen LogP contribution in [0.25, 0.3) is 0 Å². The molecule has 0 atom stereocenters. The summed E-state index contributed by atoms with van der Waals surface area (Å²) in [5.74, 6) is 0.808. The van der Waals surface area contributed by atoms with Gasteiger partial charge >= 0.3 is 7.12 Å². The summed E-state index contributed by atoms with van der Waals surface area (Å²) >= 11 is 0. The van der Waals surface area contributed by atoms with E-state index in [2.05, 4.69) is 14.9 Å². The Morgan fingerprint density at radius 2 is 1.50 bits per heavy atom.